The van der Waals surface area contributed by atoms with Crippen molar-refractivity contribution in [3.8, 4) is 5.75 Å². The molecule has 0 N–H and O–H groups in total. The Labute approximate surface area is 112 Å². The molecular formula is C16H15NO2. The Hall–Kier alpha value is -2.38. The van der Waals surface area contributed by atoms with E-state index in [1.54, 1.807) is 13.2 Å². The minimum Gasteiger partial charge on any atom is -0.497 e. The summed E-state index contributed by atoms with van der Waals surface area (Å²) >= 11 is 0. The summed E-state index contributed by atoms with van der Waals surface area (Å²) < 4.78 is 5.12. The zero-order valence-corrected chi connectivity index (χ0v) is 10.7. The Morgan fingerprint density at radius 2 is 1.79 bits per heavy atom. The molecule has 0 aliphatic rings. The third-order valence-corrected chi connectivity index (χ3v) is 2.98. The summed E-state index contributed by atoms with van der Waals surface area (Å²) in [6.45, 7) is 0. The molecule has 0 saturated carbocycles. The van der Waals surface area contributed by atoms with Crippen molar-refractivity contribution in [3.05, 3.63) is 65.7 Å². The number of benzene rings is 2. The van der Waals surface area contributed by atoms with Gasteiger partial charge in [-0.1, -0.05) is 42.5 Å². The van der Waals surface area contributed by atoms with Crippen molar-refractivity contribution >= 4 is 6.08 Å². The summed E-state index contributed by atoms with van der Waals surface area (Å²) in [4.78, 5) is 14.5. The van der Waals surface area contributed by atoms with Crippen LogP contribution < -0.4 is 4.74 Å². The molecule has 2 aromatic carbocycles. The summed E-state index contributed by atoms with van der Waals surface area (Å²) in [7, 11) is 1.63. The van der Waals surface area contributed by atoms with E-state index in [2.05, 4.69) is 4.99 Å². The third-order valence-electron chi connectivity index (χ3n) is 2.98. The van der Waals surface area contributed by atoms with Crippen molar-refractivity contribution in [2.75, 3.05) is 7.11 Å². The van der Waals surface area contributed by atoms with Gasteiger partial charge in [-0.25, -0.2) is 4.79 Å². The number of hydrogen-bond donors (Lipinski definition) is 0. The Bertz CT molecular complexity index is 557. The summed E-state index contributed by atoms with van der Waals surface area (Å²) in [6, 6.07) is 17.4. The second-order valence-electron chi connectivity index (χ2n) is 4.20. The zero-order chi connectivity index (χ0) is 13.5. The SMILES string of the molecule is COc1ccc(C(Cc2ccccc2)N=C=O)cc1. The molecule has 1 atom stereocenters. The van der Waals surface area contributed by atoms with Gasteiger partial charge in [0.2, 0.25) is 6.08 Å². The summed E-state index contributed by atoms with van der Waals surface area (Å²) in [5.74, 6) is 0.789. The first kappa shape index (κ1) is 13.1. The summed E-state index contributed by atoms with van der Waals surface area (Å²) in [5.41, 5.74) is 2.12. The largest absolute Gasteiger partial charge is 0.497 e. The van der Waals surface area contributed by atoms with Gasteiger partial charge in [-0.15, -0.1) is 0 Å². The van der Waals surface area contributed by atoms with Gasteiger partial charge in [0.15, 0.2) is 0 Å². The summed E-state index contributed by atoms with van der Waals surface area (Å²) in [6.07, 6.45) is 2.34. The van der Waals surface area contributed by atoms with Crippen LogP contribution in [0.2, 0.25) is 0 Å². The molecule has 19 heavy (non-hydrogen) atoms. The second-order valence-corrected chi connectivity index (χ2v) is 4.20. The number of rotatable bonds is 5. The highest BCUT2D eigenvalue weighted by Gasteiger charge is 2.11. The van der Waals surface area contributed by atoms with Crippen molar-refractivity contribution in [3.63, 3.8) is 0 Å². The second kappa shape index (κ2) is 6.53. The Morgan fingerprint density at radius 3 is 2.37 bits per heavy atom. The van der Waals surface area contributed by atoms with E-state index in [1.165, 1.54) is 0 Å². The third kappa shape index (κ3) is 3.54. The Kier molecular flexibility index (Phi) is 4.49. The van der Waals surface area contributed by atoms with Gasteiger partial charge in [0.25, 0.3) is 0 Å². The molecule has 0 fully saturated rings. The number of ether oxygens (including phenoxy) is 1. The standard InChI is InChI=1S/C16H15NO2/c1-19-15-9-7-14(8-10-15)16(17-12-18)11-13-5-3-2-4-6-13/h2-10,16H,11H2,1H3. The highest BCUT2D eigenvalue weighted by atomic mass is 16.5. The average Bonchev–Trinajstić information content (AvgIpc) is 2.48. The number of hydrogen-bond acceptors (Lipinski definition) is 3. The van der Waals surface area contributed by atoms with Crippen LogP contribution >= 0.6 is 0 Å². The minimum absolute atomic E-state index is 0.203. The maximum Gasteiger partial charge on any atom is 0.235 e. The van der Waals surface area contributed by atoms with Crippen LogP contribution in [0.4, 0.5) is 0 Å². The predicted octanol–water partition coefficient (Wildman–Crippen LogP) is 3.31. The van der Waals surface area contributed by atoms with E-state index < -0.39 is 0 Å². The molecule has 0 amide bonds. The molecule has 0 spiro atoms. The lowest BCUT2D eigenvalue weighted by Crippen LogP contribution is -2.00. The molecule has 2 rings (SSSR count). The molecule has 0 aromatic heterocycles. The molecule has 3 heteroatoms. The molecule has 96 valence electrons. The molecule has 0 aliphatic heterocycles. The minimum atomic E-state index is -0.203. The van der Waals surface area contributed by atoms with Crippen molar-refractivity contribution in [1.82, 2.24) is 0 Å². The average molecular weight is 253 g/mol. The van der Waals surface area contributed by atoms with E-state index in [-0.39, 0.29) is 6.04 Å². The fourth-order valence-corrected chi connectivity index (χ4v) is 1.97. The molecular weight excluding hydrogens is 238 g/mol. The summed E-state index contributed by atoms with van der Waals surface area (Å²) in [5, 5.41) is 0. The van der Waals surface area contributed by atoms with Crippen molar-refractivity contribution < 1.29 is 9.53 Å². The van der Waals surface area contributed by atoms with Crippen LogP contribution in [0, 0.1) is 0 Å². The first-order valence-corrected chi connectivity index (χ1v) is 6.08. The first-order valence-electron chi connectivity index (χ1n) is 6.08. The van der Waals surface area contributed by atoms with Crippen molar-refractivity contribution in [1.29, 1.82) is 0 Å². The molecule has 0 saturated heterocycles. The van der Waals surface area contributed by atoms with Crippen molar-refractivity contribution in [2.45, 2.75) is 12.5 Å². The number of isocyanates is 1. The normalized spacial score (nSPS) is 11.4. The van der Waals surface area contributed by atoms with E-state index >= 15 is 0 Å². The van der Waals surface area contributed by atoms with E-state index in [4.69, 9.17) is 4.74 Å². The number of nitrogens with zero attached hydrogens (tertiary/aromatic N) is 1. The van der Waals surface area contributed by atoms with Crippen LogP contribution in [-0.4, -0.2) is 13.2 Å². The predicted molar refractivity (Wildman–Crippen MR) is 74.0 cm³/mol. The monoisotopic (exact) mass is 253 g/mol. The smallest absolute Gasteiger partial charge is 0.235 e. The lowest BCUT2D eigenvalue weighted by atomic mass is 9.99. The van der Waals surface area contributed by atoms with Gasteiger partial charge >= 0.3 is 0 Å². The molecule has 0 bridgehead atoms. The van der Waals surface area contributed by atoms with Crippen LogP contribution in [0.1, 0.15) is 17.2 Å². The maximum atomic E-state index is 10.6. The lowest BCUT2D eigenvalue weighted by molar-refractivity contribution is 0.414. The van der Waals surface area contributed by atoms with Crippen LogP contribution in [0.3, 0.4) is 0 Å². The lowest BCUT2D eigenvalue weighted by Gasteiger charge is -2.11. The molecule has 1 unspecified atom stereocenters. The topological polar surface area (TPSA) is 38.7 Å². The van der Waals surface area contributed by atoms with Crippen molar-refractivity contribution in [2.24, 2.45) is 4.99 Å². The highest BCUT2D eigenvalue weighted by molar-refractivity contribution is 5.37. The van der Waals surface area contributed by atoms with Crippen LogP contribution in [0.5, 0.6) is 5.75 Å². The van der Waals surface area contributed by atoms with Crippen LogP contribution in [0.25, 0.3) is 0 Å². The Balaban J connectivity index is 2.21. The molecule has 3 nitrogen and oxygen atoms in total. The van der Waals surface area contributed by atoms with Crippen LogP contribution in [-0.2, 0) is 11.2 Å². The van der Waals surface area contributed by atoms with Gasteiger partial charge in [-0.2, -0.15) is 4.99 Å². The molecule has 0 heterocycles. The highest BCUT2D eigenvalue weighted by Crippen LogP contribution is 2.24. The molecule has 0 radical (unpaired) electrons. The fraction of sp³-hybridized carbons (Fsp3) is 0.188. The fourth-order valence-electron chi connectivity index (χ4n) is 1.97. The molecule has 0 aliphatic carbocycles. The van der Waals surface area contributed by atoms with Gasteiger partial charge in [0.05, 0.1) is 13.2 Å². The van der Waals surface area contributed by atoms with E-state index in [0.717, 1.165) is 16.9 Å². The number of methoxy groups -OCH3 is 1. The van der Waals surface area contributed by atoms with Gasteiger partial charge in [0, 0.05) is 0 Å². The Morgan fingerprint density at radius 1 is 1.11 bits per heavy atom. The number of carbonyl (C=O) groups excluding carboxylic acids is 1. The van der Waals surface area contributed by atoms with E-state index in [1.807, 2.05) is 54.6 Å². The van der Waals surface area contributed by atoms with Gasteiger partial charge < -0.3 is 4.74 Å². The molecule has 2 aromatic rings. The van der Waals surface area contributed by atoms with Gasteiger partial charge in [-0.05, 0) is 29.7 Å². The number of aliphatic imine (C=N–C) groups is 1. The zero-order valence-electron chi connectivity index (χ0n) is 10.7. The first-order chi connectivity index (χ1) is 9.33. The maximum absolute atomic E-state index is 10.6. The van der Waals surface area contributed by atoms with E-state index in [9.17, 15) is 4.79 Å². The van der Waals surface area contributed by atoms with Gasteiger partial charge in [0.1, 0.15) is 5.75 Å². The van der Waals surface area contributed by atoms with E-state index in [0.29, 0.717) is 6.42 Å². The van der Waals surface area contributed by atoms with Gasteiger partial charge in [-0.3, -0.25) is 0 Å². The quantitative estimate of drug-likeness (QED) is 0.605. The van der Waals surface area contributed by atoms with Crippen LogP contribution in [0.15, 0.2) is 59.6 Å².